The van der Waals surface area contributed by atoms with E-state index < -0.39 is 0 Å². The second-order valence-corrected chi connectivity index (χ2v) is 4.95. The summed E-state index contributed by atoms with van der Waals surface area (Å²) in [4.78, 5) is 0. The van der Waals surface area contributed by atoms with Gasteiger partial charge in [-0.15, -0.1) is 0 Å². The molecule has 118 valence electrons. The van der Waals surface area contributed by atoms with Gasteiger partial charge in [0.2, 0.25) is 0 Å². The molecule has 22 heavy (non-hydrogen) atoms. The number of rotatable bonds is 6. The summed E-state index contributed by atoms with van der Waals surface area (Å²) in [6.45, 7) is 5.45. The van der Waals surface area contributed by atoms with Crippen LogP contribution >= 0.6 is 24.4 Å². The number of thiocarbonyl (C=S) groups is 2. The lowest BCUT2D eigenvalue weighted by molar-refractivity contribution is 0.904. The first-order valence-corrected chi connectivity index (χ1v) is 7.71. The van der Waals surface area contributed by atoms with Gasteiger partial charge in [0.05, 0.1) is 12.4 Å². The third-order valence-electron chi connectivity index (χ3n) is 2.34. The summed E-state index contributed by atoms with van der Waals surface area (Å²) in [5.41, 5.74) is 7.35. The Labute approximate surface area is 141 Å². The summed E-state index contributed by atoms with van der Waals surface area (Å²) in [5, 5.41) is 15.0. The van der Waals surface area contributed by atoms with E-state index in [-0.39, 0.29) is 0 Å². The number of benzene rings is 1. The van der Waals surface area contributed by atoms with E-state index in [1.54, 1.807) is 12.4 Å². The Morgan fingerprint density at radius 3 is 1.82 bits per heavy atom. The van der Waals surface area contributed by atoms with Gasteiger partial charge in [0.15, 0.2) is 10.2 Å². The first kappa shape index (κ1) is 18.0. The fourth-order valence-electron chi connectivity index (χ4n) is 1.45. The van der Waals surface area contributed by atoms with Crippen LogP contribution in [0.5, 0.6) is 0 Å². The Balaban J connectivity index is 2.55. The van der Waals surface area contributed by atoms with Gasteiger partial charge in [-0.3, -0.25) is 10.9 Å². The topological polar surface area (TPSA) is 72.8 Å². The minimum absolute atomic E-state index is 0.498. The van der Waals surface area contributed by atoms with E-state index in [2.05, 4.69) is 31.7 Å². The van der Waals surface area contributed by atoms with Crippen LogP contribution < -0.4 is 21.5 Å². The summed E-state index contributed by atoms with van der Waals surface area (Å²) in [5.74, 6) is 0. The van der Waals surface area contributed by atoms with Gasteiger partial charge in [-0.05, 0) is 55.5 Å². The van der Waals surface area contributed by atoms with Crippen molar-refractivity contribution in [3.63, 3.8) is 0 Å². The van der Waals surface area contributed by atoms with Gasteiger partial charge in [0.25, 0.3) is 0 Å². The summed E-state index contributed by atoms with van der Waals surface area (Å²) >= 11 is 10.0. The first-order chi connectivity index (χ1) is 10.7. The Morgan fingerprint density at radius 1 is 0.955 bits per heavy atom. The van der Waals surface area contributed by atoms with Crippen LogP contribution in [0.25, 0.3) is 0 Å². The third-order valence-corrected chi connectivity index (χ3v) is 2.82. The molecule has 1 rings (SSSR count). The molecule has 0 aliphatic rings. The maximum atomic E-state index is 5.01. The predicted molar refractivity (Wildman–Crippen MR) is 100 cm³/mol. The number of hydrogen-bond donors (Lipinski definition) is 4. The van der Waals surface area contributed by atoms with Crippen molar-refractivity contribution in [3.8, 4) is 0 Å². The molecule has 0 bridgehead atoms. The molecule has 0 atom stereocenters. The molecule has 6 nitrogen and oxygen atoms in total. The monoisotopic (exact) mass is 336 g/mol. The maximum absolute atomic E-state index is 5.01. The highest BCUT2D eigenvalue weighted by molar-refractivity contribution is 7.80. The molecular formula is C14H20N6S2. The molecule has 0 aliphatic carbocycles. The van der Waals surface area contributed by atoms with Gasteiger partial charge in [0.1, 0.15) is 0 Å². The van der Waals surface area contributed by atoms with Crippen LogP contribution in [0.3, 0.4) is 0 Å². The summed E-state index contributed by atoms with van der Waals surface area (Å²) in [6, 6.07) is 7.75. The Kier molecular flexibility index (Phi) is 8.70. The Bertz CT molecular complexity index is 511. The second-order valence-electron chi connectivity index (χ2n) is 4.13. The van der Waals surface area contributed by atoms with Gasteiger partial charge < -0.3 is 10.6 Å². The molecule has 0 fully saturated rings. The van der Waals surface area contributed by atoms with E-state index in [1.165, 1.54) is 0 Å². The summed E-state index contributed by atoms with van der Waals surface area (Å²) < 4.78 is 0. The van der Waals surface area contributed by atoms with Crippen LogP contribution in [0, 0.1) is 0 Å². The zero-order valence-electron chi connectivity index (χ0n) is 12.6. The molecular weight excluding hydrogens is 316 g/mol. The van der Waals surface area contributed by atoms with Crippen molar-refractivity contribution in [1.82, 2.24) is 21.5 Å². The Morgan fingerprint density at radius 2 is 1.41 bits per heavy atom. The van der Waals surface area contributed by atoms with E-state index in [1.807, 2.05) is 38.1 Å². The lowest BCUT2D eigenvalue weighted by Crippen LogP contribution is -2.31. The zero-order chi connectivity index (χ0) is 16.2. The largest absolute Gasteiger partial charge is 0.362 e. The fraction of sp³-hybridized carbons (Fsp3) is 0.286. The third kappa shape index (κ3) is 7.65. The summed E-state index contributed by atoms with van der Waals surface area (Å²) in [6.07, 6.45) is 3.38. The van der Waals surface area contributed by atoms with Crippen molar-refractivity contribution >= 4 is 47.1 Å². The van der Waals surface area contributed by atoms with Crippen LogP contribution in [-0.2, 0) is 0 Å². The molecule has 4 N–H and O–H groups in total. The van der Waals surface area contributed by atoms with Crippen LogP contribution in [0.15, 0.2) is 34.5 Å². The molecule has 0 spiro atoms. The van der Waals surface area contributed by atoms with E-state index in [9.17, 15) is 0 Å². The van der Waals surface area contributed by atoms with Crippen LogP contribution in [-0.4, -0.2) is 35.7 Å². The van der Waals surface area contributed by atoms with Crippen LogP contribution in [0.1, 0.15) is 25.0 Å². The van der Waals surface area contributed by atoms with E-state index in [0.29, 0.717) is 10.2 Å². The standard InChI is InChI=1S/C14H20N6S2/c1-3-15-13(21)19-17-9-11-6-5-7-12(8-11)10-18-20-14(22)16-4-2/h5-10H,3-4H2,1-2H3,(H2,15,19,21)(H2,16,20,22). The smallest absolute Gasteiger partial charge is 0.186 e. The molecule has 0 saturated carbocycles. The minimum atomic E-state index is 0.498. The quantitative estimate of drug-likeness (QED) is 0.357. The van der Waals surface area contributed by atoms with Gasteiger partial charge >= 0.3 is 0 Å². The van der Waals surface area contributed by atoms with Crippen molar-refractivity contribution in [2.45, 2.75) is 13.8 Å². The number of nitrogens with one attached hydrogen (secondary N) is 4. The minimum Gasteiger partial charge on any atom is -0.362 e. The van der Waals surface area contributed by atoms with Gasteiger partial charge in [0, 0.05) is 13.1 Å². The fourth-order valence-corrected chi connectivity index (χ4v) is 1.84. The van der Waals surface area contributed by atoms with Gasteiger partial charge in [-0.2, -0.15) is 10.2 Å². The van der Waals surface area contributed by atoms with Crippen molar-refractivity contribution in [1.29, 1.82) is 0 Å². The first-order valence-electron chi connectivity index (χ1n) is 6.89. The van der Waals surface area contributed by atoms with Crippen LogP contribution in [0.4, 0.5) is 0 Å². The second kappa shape index (κ2) is 10.6. The highest BCUT2D eigenvalue weighted by Gasteiger charge is 1.93. The molecule has 0 aliphatic heterocycles. The molecule has 0 radical (unpaired) electrons. The molecule has 8 heteroatoms. The van der Waals surface area contributed by atoms with Crippen molar-refractivity contribution in [2.24, 2.45) is 10.2 Å². The van der Waals surface area contributed by atoms with Gasteiger partial charge in [-0.1, -0.05) is 18.2 Å². The SMILES string of the molecule is CCNC(=S)NN=Cc1cccc(C=NNC(=S)NCC)c1. The molecule has 0 amide bonds. The van der Waals surface area contributed by atoms with Crippen molar-refractivity contribution in [3.05, 3.63) is 35.4 Å². The lowest BCUT2D eigenvalue weighted by Gasteiger charge is -2.03. The van der Waals surface area contributed by atoms with Gasteiger partial charge in [-0.25, -0.2) is 0 Å². The molecule has 1 aromatic carbocycles. The molecule has 0 unspecified atom stereocenters. The lowest BCUT2D eigenvalue weighted by atomic mass is 10.1. The molecule has 0 aromatic heterocycles. The average Bonchev–Trinajstić information content (AvgIpc) is 2.48. The van der Waals surface area contributed by atoms with Crippen molar-refractivity contribution in [2.75, 3.05) is 13.1 Å². The normalized spacial score (nSPS) is 10.6. The van der Waals surface area contributed by atoms with E-state index >= 15 is 0 Å². The highest BCUT2D eigenvalue weighted by Crippen LogP contribution is 2.00. The Hall–Kier alpha value is -2.06. The number of hydrogen-bond acceptors (Lipinski definition) is 4. The van der Waals surface area contributed by atoms with E-state index in [4.69, 9.17) is 24.4 Å². The predicted octanol–water partition coefficient (Wildman–Crippen LogP) is 1.32. The maximum Gasteiger partial charge on any atom is 0.186 e. The molecule has 0 heterocycles. The van der Waals surface area contributed by atoms with Crippen LogP contribution in [0.2, 0.25) is 0 Å². The number of hydrazone groups is 2. The number of nitrogens with zero attached hydrogens (tertiary/aromatic N) is 2. The zero-order valence-corrected chi connectivity index (χ0v) is 14.2. The summed E-state index contributed by atoms with van der Waals surface area (Å²) in [7, 11) is 0. The van der Waals surface area contributed by atoms with Crippen molar-refractivity contribution < 1.29 is 0 Å². The molecule has 1 aromatic rings. The van der Waals surface area contributed by atoms with E-state index in [0.717, 1.165) is 24.2 Å². The average molecular weight is 336 g/mol. The molecule has 0 saturated heterocycles. The highest BCUT2D eigenvalue weighted by atomic mass is 32.1.